The van der Waals surface area contributed by atoms with Gasteiger partial charge in [0.2, 0.25) is 0 Å². The highest BCUT2D eigenvalue weighted by atomic mass is 19.1. The van der Waals surface area contributed by atoms with Crippen LogP contribution >= 0.6 is 0 Å². The maximum atomic E-state index is 12.8. The Bertz CT molecular complexity index is 271. The van der Waals surface area contributed by atoms with Gasteiger partial charge in [0.25, 0.3) is 0 Å². The molecule has 1 aromatic carbocycles. The van der Waals surface area contributed by atoms with E-state index in [0.717, 1.165) is 31.2 Å². The Morgan fingerprint density at radius 3 is 2.79 bits per heavy atom. The molecule has 1 nitrogen and oxygen atoms in total. The van der Waals surface area contributed by atoms with E-state index >= 15 is 0 Å². The SMILES string of the molecule is [CH2]C(O)CCCCc1cccc(F)c1. The van der Waals surface area contributed by atoms with Crippen LogP contribution < -0.4 is 0 Å². The molecule has 0 spiro atoms. The number of hydrogen-bond donors (Lipinski definition) is 1. The second-order valence-corrected chi connectivity index (χ2v) is 3.53. The van der Waals surface area contributed by atoms with Crippen molar-refractivity contribution in [2.45, 2.75) is 31.8 Å². The third-order valence-electron chi connectivity index (χ3n) is 2.14. The van der Waals surface area contributed by atoms with Gasteiger partial charge in [0.1, 0.15) is 5.82 Å². The van der Waals surface area contributed by atoms with Crippen molar-refractivity contribution < 1.29 is 9.50 Å². The van der Waals surface area contributed by atoms with E-state index in [1.165, 1.54) is 6.07 Å². The molecule has 1 atom stereocenters. The largest absolute Gasteiger partial charge is 0.393 e. The minimum absolute atomic E-state index is 0.181. The summed E-state index contributed by atoms with van der Waals surface area (Å²) in [4.78, 5) is 0. The van der Waals surface area contributed by atoms with Crippen LogP contribution in [0.15, 0.2) is 24.3 Å². The number of benzene rings is 1. The van der Waals surface area contributed by atoms with Crippen LogP contribution in [0.1, 0.15) is 24.8 Å². The van der Waals surface area contributed by atoms with Gasteiger partial charge in [-0.2, -0.15) is 0 Å². The number of hydrogen-bond acceptors (Lipinski definition) is 1. The molecule has 0 aliphatic carbocycles. The van der Waals surface area contributed by atoms with Gasteiger partial charge in [-0.1, -0.05) is 18.6 Å². The van der Waals surface area contributed by atoms with Gasteiger partial charge in [-0.15, -0.1) is 0 Å². The highest BCUT2D eigenvalue weighted by Gasteiger charge is 1.98. The molecule has 0 aliphatic heterocycles. The monoisotopic (exact) mass is 195 g/mol. The number of aryl methyl sites for hydroxylation is 1. The molecule has 0 aromatic heterocycles. The number of aliphatic hydroxyl groups is 1. The third kappa shape index (κ3) is 4.38. The molecule has 1 rings (SSSR count). The lowest BCUT2D eigenvalue weighted by atomic mass is 10.1. The Labute approximate surface area is 84.6 Å². The summed E-state index contributed by atoms with van der Waals surface area (Å²) in [5.41, 5.74) is 1.02. The van der Waals surface area contributed by atoms with Gasteiger partial charge >= 0.3 is 0 Å². The topological polar surface area (TPSA) is 20.2 Å². The lowest BCUT2D eigenvalue weighted by Crippen LogP contribution is -1.99. The summed E-state index contributed by atoms with van der Waals surface area (Å²) >= 11 is 0. The molecule has 1 N–H and O–H groups in total. The van der Waals surface area contributed by atoms with Crippen LogP contribution in [-0.4, -0.2) is 11.2 Å². The first-order valence-electron chi connectivity index (χ1n) is 4.94. The number of unbranched alkanes of at least 4 members (excludes halogenated alkanes) is 1. The van der Waals surface area contributed by atoms with Gasteiger partial charge in [0.15, 0.2) is 0 Å². The average Bonchev–Trinajstić information content (AvgIpc) is 2.12. The van der Waals surface area contributed by atoms with Crippen molar-refractivity contribution in [3.05, 3.63) is 42.6 Å². The second-order valence-electron chi connectivity index (χ2n) is 3.53. The van der Waals surface area contributed by atoms with E-state index in [2.05, 4.69) is 6.92 Å². The minimum atomic E-state index is -0.470. The third-order valence-corrected chi connectivity index (χ3v) is 2.14. The normalized spacial score (nSPS) is 12.8. The van der Waals surface area contributed by atoms with Crippen LogP contribution in [-0.2, 0) is 6.42 Å². The zero-order valence-corrected chi connectivity index (χ0v) is 8.25. The molecule has 0 aliphatic rings. The smallest absolute Gasteiger partial charge is 0.123 e. The maximum absolute atomic E-state index is 12.8. The Hall–Kier alpha value is -0.890. The molecule has 0 bridgehead atoms. The number of rotatable bonds is 5. The molecule has 0 saturated heterocycles. The van der Waals surface area contributed by atoms with Crippen LogP contribution in [0.25, 0.3) is 0 Å². The Balaban J connectivity index is 2.25. The number of halogens is 1. The standard InChI is InChI=1S/C12H16FO/c1-10(14)5-2-3-6-11-7-4-8-12(13)9-11/h4,7-10,14H,1-3,5-6H2. The van der Waals surface area contributed by atoms with Crippen molar-refractivity contribution in [2.75, 3.05) is 0 Å². The van der Waals surface area contributed by atoms with Crippen molar-refractivity contribution in [2.24, 2.45) is 0 Å². The minimum Gasteiger partial charge on any atom is -0.393 e. The van der Waals surface area contributed by atoms with Crippen LogP contribution in [0.4, 0.5) is 4.39 Å². The van der Waals surface area contributed by atoms with E-state index in [-0.39, 0.29) is 5.82 Å². The summed E-state index contributed by atoms with van der Waals surface area (Å²) in [7, 11) is 0. The summed E-state index contributed by atoms with van der Waals surface area (Å²) in [5, 5.41) is 8.92. The van der Waals surface area contributed by atoms with Gasteiger partial charge < -0.3 is 5.11 Å². The van der Waals surface area contributed by atoms with Crippen molar-refractivity contribution in [1.29, 1.82) is 0 Å². The summed E-state index contributed by atoms with van der Waals surface area (Å²) in [5.74, 6) is -0.181. The van der Waals surface area contributed by atoms with Crippen LogP contribution in [0.3, 0.4) is 0 Å². The van der Waals surface area contributed by atoms with E-state index in [1.54, 1.807) is 12.1 Å². The molecule has 2 heteroatoms. The zero-order chi connectivity index (χ0) is 10.4. The average molecular weight is 195 g/mol. The first kappa shape index (κ1) is 11.2. The Morgan fingerprint density at radius 2 is 2.14 bits per heavy atom. The maximum Gasteiger partial charge on any atom is 0.123 e. The van der Waals surface area contributed by atoms with Gasteiger partial charge in [0, 0.05) is 0 Å². The van der Waals surface area contributed by atoms with E-state index < -0.39 is 6.10 Å². The summed E-state index contributed by atoms with van der Waals surface area (Å²) in [6.07, 6.45) is 3.01. The molecule has 0 amide bonds. The molecule has 1 unspecified atom stereocenters. The summed E-state index contributed by atoms with van der Waals surface area (Å²) in [6.45, 7) is 3.49. The Morgan fingerprint density at radius 1 is 1.36 bits per heavy atom. The highest BCUT2D eigenvalue weighted by molar-refractivity contribution is 5.16. The molecule has 0 heterocycles. The molecule has 1 radical (unpaired) electrons. The molecule has 1 aromatic rings. The predicted octanol–water partition coefficient (Wildman–Crippen LogP) is 2.73. The van der Waals surface area contributed by atoms with Gasteiger partial charge in [-0.25, -0.2) is 4.39 Å². The predicted molar refractivity (Wildman–Crippen MR) is 55.3 cm³/mol. The van der Waals surface area contributed by atoms with Gasteiger partial charge in [-0.3, -0.25) is 0 Å². The van der Waals surface area contributed by atoms with Crippen molar-refractivity contribution >= 4 is 0 Å². The van der Waals surface area contributed by atoms with Gasteiger partial charge in [-0.05, 0) is 43.9 Å². The van der Waals surface area contributed by atoms with E-state index in [0.29, 0.717) is 0 Å². The van der Waals surface area contributed by atoms with Crippen LogP contribution in [0.2, 0.25) is 0 Å². The molecule has 0 saturated carbocycles. The quantitative estimate of drug-likeness (QED) is 0.716. The zero-order valence-electron chi connectivity index (χ0n) is 8.25. The molecule has 0 fully saturated rings. The van der Waals surface area contributed by atoms with Crippen LogP contribution in [0, 0.1) is 12.7 Å². The first-order chi connectivity index (χ1) is 6.68. The summed E-state index contributed by atoms with van der Waals surface area (Å²) in [6, 6.07) is 6.65. The lowest BCUT2D eigenvalue weighted by molar-refractivity contribution is 0.206. The molecular weight excluding hydrogens is 179 g/mol. The van der Waals surface area contributed by atoms with E-state index in [9.17, 15) is 4.39 Å². The van der Waals surface area contributed by atoms with Crippen molar-refractivity contribution in [3.8, 4) is 0 Å². The van der Waals surface area contributed by atoms with Crippen molar-refractivity contribution in [3.63, 3.8) is 0 Å². The fourth-order valence-corrected chi connectivity index (χ4v) is 1.40. The summed E-state index contributed by atoms with van der Waals surface area (Å²) < 4.78 is 12.8. The molecular formula is C12H16FO. The second kappa shape index (κ2) is 5.76. The first-order valence-corrected chi connectivity index (χ1v) is 4.94. The number of aliphatic hydroxyl groups excluding tert-OH is 1. The van der Waals surface area contributed by atoms with Crippen LogP contribution in [0.5, 0.6) is 0 Å². The van der Waals surface area contributed by atoms with Crippen molar-refractivity contribution in [1.82, 2.24) is 0 Å². The lowest BCUT2D eigenvalue weighted by Gasteiger charge is -2.03. The van der Waals surface area contributed by atoms with E-state index in [1.807, 2.05) is 6.07 Å². The van der Waals surface area contributed by atoms with E-state index in [4.69, 9.17) is 5.11 Å². The fraction of sp³-hybridized carbons (Fsp3) is 0.417. The molecule has 14 heavy (non-hydrogen) atoms. The van der Waals surface area contributed by atoms with Gasteiger partial charge in [0.05, 0.1) is 6.10 Å². The Kier molecular flexibility index (Phi) is 4.60. The molecule has 77 valence electrons. The fourth-order valence-electron chi connectivity index (χ4n) is 1.40. The highest BCUT2D eigenvalue weighted by Crippen LogP contribution is 2.09.